The molecule has 0 bridgehead atoms. The number of allylic oxidation sites excluding steroid dienone is 2. The number of hydrogen-bond acceptors (Lipinski definition) is 1. The van der Waals surface area contributed by atoms with Crippen molar-refractivity contribution < 1.29 is 0 Å². The van der Waals surface area contributed by atoms with Gasteiger partial charge in [0.05, 0.1) is 0 Å². The molecule has 0 radical (unpaired) electrons. The van der Waals surface area contributed by atoms with Gasteiger partial charge in [-0.25, -0.2) is 0 Å². The predicted octanol–water partition coefficient (Wildman–Crippen LogP) is 3.54. The minimum Gasteiger partial charge on any atom is -0.399 e. The van der Waals surface area contributed by atoms with E-state index < -0.39 is 0 Å². The van der Waals surface area contributed by atoms with Crippen LogP contribution < -0.4 is 5.73 Å². The Morgan fingerprint density at radius 1 is 0.933 bits per heavy atom. The van der Waals surface area contributed by atoms with E-state index in [1.807, 2.05) is 6.07 Å². The molecule has 78 valence electrons. The predicted molar refractivity (Wildman–Crippen MR) is 64.6 cm³/mol. The summed E-state index contributed by atoms with van der Waals surface area (Å²) in [6.07, 6.45) is 7.89. The van der Waals surface area contributed by atoms with Gasteiger partial charge >= 0.3 is 0 Å². The SMILES string of the molecule is Nc1ccc2c(c1)CCC2=C1CCCC1. The summed E-state index contributed by atoms with van der Waals surface area (Å²) in [6, 6.07) is 6.41. The molecule has 0 heterocycles. The third-order valence-corrected chi connectivity index (χ3v) is 3.73. The summed E-state index contributed by atoms with van der Waals surface area (Å²) in [5.41, 5.74) is 13.0. The number of anilines is 1. The van der Waals surface area contributed by atoms with Crippen LogP contribution in [0, 0.1) is 0 Å². The van der Waals surface area contributed by atoms with Crippen LogP contribution in [0.2, 0.25) is 0 Å². The molecule has 2 aliphatic carbocycles. The Balaban J connectivity index is 2.08. The van der Waals surface area contributed by atoms with Gasteiger partial charge in [0.15, 0.2) is 0 Å². The molecule has 1 aromatic rings. The maximum absolute atomic E-state index is 5.81. The summed E-state index contributed by atoms with van der Waals surface area (Å²) in [4.78, 5) is 0. The first-order chi connectivity index (χ1) is 7.34. The van der Waals surface area contributed by atoms with Crippen LogP contribution in [0.5, 0.6) is 0 Å². The van der Waals surface area contributed by atoms with Crippen LogP contribution in [0.3, 0.4) is 0 Å². The fraction of sp³-hybridized carbons (Fsp3) is 0.429. The molecule has 0 saturated heterocycles. The summed E-state index contributed by atoms with van der Waals surface area (Å²) in [6.45, 7) is 0. The lowest BCUT2D eigenvalue weighted by Gasteiger charge is -2.06. The molecule has 3 rings (SSSR count). The number of nitrogen functional groups attached to an aromatic ring is 1. The molecule has 0 amide bonds. The van der Waals surface area contributed by atoms with E-state index in [-0.39, 0.29) is 0 Å². The monoisotopic (exact) mass is 199 g/mol. The first-order valence-corrected chi connectivity index (χ1v) is 5.94. The van der Waals surface area contributed by atoms with Crippen LogP contribution >= 0.6 is 0 Å². The fourth-order valence-electron chi connectivity index (χ4n) is 2.98. The zero-order valence-corrected chi connectivity index (χ0v) is 9.05. The average molecular weight is 199 g/mol. The molecule has 0 atom stereocenters. The Bertz CT molecular complexity index is 421. The van der Waals surface area contributed by atoms with Gasteiger partial charge < -0.3 is 5.73 Å². The lowest BCUT2D eigenvalue weighted by Crippen LogP contribution is -1.88. The molecule has 15 heavy (non-hydrogen) atoms. The second-order valence-corrected chi connectivity index (χ2v) is 4.71. The summed E-state index contributed by atoms with van der Waals surface area (Å²) in [5, 5.41) is 0. The minimum atomic E-state index is 0.909. The number of fused-ring (bicyclic) bond motifs is 1. The third kappa shape index (κ3) is 1.46. The number of rotatable bonds is 0. The van der Waals surface area contributed by atoms with Crippen LogP contribution in [-0.4, -0.2) is 0 Å². The highest BCUT2D eigenvalue weighted by atomic mass is 14.5. The molecule has 0 aromatic heterocycles. The van der Waals surface area contributed by atoms with E-state index in [0.717, 1.165) is 5.69 Å². The van der Waals surface area contributed by atoms with E-state index >= 15 is 0 Å². The molecule has 1 fully saturated rings. The summed E-state index contributed by atoms with van der Waals surface area (Å²) < 4.78 is 0. The molecule has 1 heteroatoms. The van der Waals surface area contributed by atoms with Crippen LogP contribution in [0.4, 0.5) is 5.69 Å². The smallest absolute Gasteiger partial charge is 0.0317 e. The van der Waals surface area contributed by atoms with Gasteiger partial charge in [0.1, 0.15) is 0 Å². The van der Waals surface area contributed by atoms with Crippen molar-refractivity contribution >= 4 is 11.3 Å². The maximum Gasteiger partial charge on any atom is 0.0317 e. The zero-order chi connectivity index (χ0) is 10.3. The van der Waals surface area contributed by atoms with Crippen LogP contribution in [0.1, 0.15) is 43.2 Å². The van der Waals surface area contributed by atoms with Gasteiger partial charge in [0.2, 0.25) is 0 Å². The van der Waals surface area contributed by atoms with Crippen molar-refractivity contribution in [1.82, 2.24) is 0 Å². The third-order valence-electron chi connectivity index (χ3n) is 3.73. The van der Waals surface area contributed by atoms with Gasteiger partial charge in [0.25, 0.3) is 0 Å². The van der Waals surface area contributed by atoms with Crippen molar-refractivity contribution in [3.63, 3.8) is 0 Å². The molecule has 1 saturated carbocycles. The minimum absolute atomic E-state index is 0.909. The Morgan fingerprint density at radius 3 is 2.53 bits per heavy atom. The number of benzene rings is 1. The lowest BCUT2D eigenvalue weighted by molar-refractivity contribution is 0.886. The molecule has 2 N–H and O–H groups in total. The molecule has 1 nitrogen and oxygen atoms in total. The van der Waals surface area contributed by atoms with Crippen molar-refractivity contribution in [1.29, 1.82) is 0 Å². The van der Waals surface area contributed by atoms with Gasteiger partial charge in [-0.15, -0.1) is 0 Å². The topological polar surface area (TPSA) is 26.0 Å². The van der Waals surface area contributed by atoms with Gasteiger partial charge in [-0.1, -0.05) is 11.6 Å². The van der Waals surface area contributed by atoms with Crippen molar-refractivity contribution in [2.45, 2.75) is 38.5 Å². The van der Waals surface area contributed by atoms with Gasteiger partial charge in [-0.05, 0) is 67.4 Å². The van der Waals surface area contributed by atoms with E-state index in [2.05, 4.69) is 12.1 Å². The second-order valence-electron chi connectivity index (χ2n) is 4.71. The fourth-order valence-corrected chi connectivity index (χ4v) is 2.98. The Kier molecular flexibility index (Phi) is 2.05. The summed E-state index contributed by atoms with van der Waals surface area (Å²) in [7, 11) is 0. The highest BCUT2D eigenvalue weighted by Gasteiger charge is 2.21. The van der Waals surface area contributed by atoms with Gasteiger partial charge in [-0.2, -0.15) is 0 Å². The number of hydrogen-bond donors (Lipinski definition) is 1. The first-order valence-electron chi connectivity index (χ1n) is 5.94. The Morgan fingerprint density at radius 2 is 1.73 bits per heavy atom. The molecule has 2 aliphatic rings. The maximum atomic E-state index is 5.81. The lowest BCUT2D eigenvalue weighted by atomic mass is 10.0. The van der Waals surface area contributed by atoms with Crippen LogP contribution in [0.25, 0.3) is 5.57 Å². The second kappa shape index (κ2) is 3.41. The van der Waals surface area contributed by atoms with Crippen LogP contribution in [0.15, 0.2) is 23.8 Å². The molecule has 1 aromatic carbocycles. The Hall–Kier alpha value is -1.24. The highest BCUT2D eigenvalue weighted by molar-refractivity contribution is 5.76. The molecular formula is C14H17N. The standard InChI is InChI=1S/C14H17N/c15-12-6-8-14-11(9-12)5-7-13(14)10-3-1-2-4-10/h6,8-9H,1-5,7,15H2. The van der Waals surface area contributed by atoms with Crippen molar-refractivity contribution in [3.8, 4) is 0 Å². The van der Waals surface area contributed by atoms with Crippen LogP contribution in [-0.2, 0) is 6.42 Å². The summed E-state index contributed by atoms with van der Waals surface area (Å²) in [5.74, 6) is 0. The normalized spacial score (nSPS) is 19.7. The van der Waals surface area contributed by atoms with E-state index in [4.69, 9.17) is 5.73 Å². The van der Waals surface area contributed by atoms with E-state index in [1.54, 1.807) is 11.1 Å². The van der Waals surface area contributed by atoms with Gasteiger partial charge in [-0.3, -0.25) is 0 Å². The number of aryl methyl sites for hydroxylation is 1. The molecular weight excluding hydrogens is 182 g/mol. The van der Waals surface area contributed by atoms with Crippen molar-refractivity contribution in [2.75, 3.05) is 5.73 Å². The highest BCUT2D eigenvalue weighted by Crippen LogP contribution is 2.40. The Labute approximate surface area is 91.0 Å². The molecule has 0 spiro atoms. The van der Waals surface area contributed by atoms with Crippen molar-refractivity contribution in [2.24, 2.45) is 0 Å². The van der Waals surface area contributed by atoms with Gasteiger partial charge in [0, 0.05) is 5.69 Å². The largest absolute Gasteiger partial charge is 0.399 e. The van der Waals surface area contributed by atoms with E-state index in [9.17, 15) is 0 Å². The van der Waals surface area contributed by atoms with E-state index in [0.29, 0.717) is 0 Å². The first kappa shape index (κ1) is 9.02. The number of nitrogens with two attached hydrogens (primary N) is 1. The average Bonchev–Trinajstić information content (AvgIpc) is 2.82. The molecule has 0 unspecified atom stereocenters. The molecule has 0 aliphatic heterocycles. The van der Waals surface area contributed by atoms with Crippen molar-refractivity contribution in [3.05, 3.63) is 34.9 Å². The zero-order valence-electron chi connectivity index (χ0n) is 9.05. The summed E-state index contributed by atoms with van der Waals surface area (Å²) >= 11 is 0. The van der Waals surface area contributed by atoms with E-state index in [1.165, 1.54) is 49.7 Å². The quantitative estimate of drug-likeness (QED) is 0.635.